The van der Waals surface area contributed by atoms with Crippen molar-refractivity contribution in [3.05, 3.63) is 10.1 Å². The van der Waals surface area contributed by atoms with Crippen molar-refractivity contribution in [1.29, 1.82) is 0 Å². The summed E-state index contributed by atoms with van der Waals surface area (Å²) in [6, 6.07) is 0. The molecule has 2 atom stereocenters. The molecule has 1 aliphatic rings. The van der Waals surface area contributed by atoms with Crippen LogP contribution in [0.15, 0.2) is 0 Å². The van der Waals surface area contributed by atoms with Gasteiger partial charge >= 0.3 is 87.1 Å². The average molecular weight is 280 g/mol. The van der Waals surface area contributed by atoms with Crippen molar-refractivity contribution < 1.29 is 35.6 Å². The molecule has 2 unspecified atom stereocenters. The van der Waals surface area contributed by atoms with Crippen LogP contribution in [-0.4, -0.2) is 56.8 Å². The topological polar surface area (TPSA) is 145 Å². The van der Waals surface area contributed by atoms with Crippen LogP contribution in [0.2, 0.25) is 0 Å². The molecule has 1 aliphatic heterocycles. The van der Waals surface area contributed by atoms with Crippen molar-refractivity contribution in [3.63, 3.8) is 0 Å². The summed E-state index contributed by atoms with van der Waals surface area (Å²) in [6.07, 6.45) is -4.24. The standard InChI is InChI=1S/C4H6O6.Ga.NO3/c5-1(3(7)8)2(6)4(9)10;;2-1(3)4/h1-2,5-6H,(H,7,8)(H,9,10);;/q;+3;-1/p-2. The van der Waals surface area contributed by atoms with Gasteiger partial charge in [0.05, 0.1) is 0 Å². The van der Waals surface area contributed by atoms with E-state index < -0.39 is 46.5 Å². The molecule has 11 heteroatoms. The second-order valence-corrected chi connectivity index (χ2v) is 5.02. The molecular formula is C4H4GaNO9. The normalized spacial score (nSPS) is 26.4. The van der Waals surface area contributed by atoms with Crippen LogP contribution in [0, 0.1) is 10.1 Å². The second-order valence-electron chi connectivity index (χ2n) is 2.38. The van der Waals surface area contributed by atoms with Crippen molar-refractivity contribution in [2.24, 2.45) is 0 Å². The third kappa shape index (κ3) is 2.82. The maximum absolute atomic E-state index is 10.8. The molecule has 1 saturated heterocycles. The molecule has 0 amide bonds. The monoisotopic (exact) mass is 279 g/mol. The summed E-state index contributed by atoms with van der Waals surface area (Å²) in [7, 11) is 0. The number of carbonyl (C=O) groups excluding carboxylic acids is 2. The van der Waals surface area contributed by atoms with E-state index in [-0.39, 0.29) is 0 Å². The van der Waals surface area contributed by atoms with Crippen molar-refractivity contribution in [2.45, 2.75) is 12.2 Å². The van der Waals surface area contributed by atoms with Crippen LogP contribution in [0.1, 0.15) is 0 Å². The van der Waals surface area contributed by atoms with Crippen LogP contribution < -0.4 is 0 Å². The van der Waals surface area contributed by atoms with Gasteiger partial charge in [0.15, 0.2) is 0 Å². The fourth-order valence-electron chi connectivity index (χ4n) is 0.724. The predicted octanol–water partition coefficient (Wildman–Crippen LogP) is -3.00. The third-order valence-electron chi connectivity index (χ3n) is 1.38. The number of hydrogen-bond acceptors (Lipinski definition) is 9. The summed E-state index contributed by atoms with van der Waals surface area (Å²) in [6.45, 7) is 0. The molecule has 0 saturated carbocycles. The zero-order valence-electron chi connectivity index (χ0n) is 6.93. The first-order valence-corrected chi connectivity index (χ1v) is 6.47. The van der Waals surface area contributed by atoms with Crippen molar-refractivity contribution in [1.82, 2.24) is 0 Å². The molecule has 82 valence electrons. The molecule has 0 radical (unpaired) electrons. The fraction of sp³-hybridized carbons (Fsp3) is 0.500. The molecule has 0 bridgehead atoms. The third-order valence-corrected chi connectivity index (χ3v) is 3.88. The van der Waals surface area contributed by atoms with E-state index in [1.807, 2.05) is 0 Å². The van der Waals surface area contributed by atoms with Crippen LogP contribution >= 0.6 is 0 Å². The van der Waals surface area contributed by atoms with Crippen LogP contribution in [-0.2, 0) is 20.3 Å². The summed E-state index contributed by atoms with van der Waals surface area (Å²) in [5.41, 5.74) is 0. The summed E-state index contributed by atoms with van der Waals surface area (Å²) < 4.78 is 12.2. The van der Waals surface area contributed by atoms with Crippen LogP contribution in [0.5, 0.6) is 0 Å². The van der Waals surface area contributed by atoms with E-state index in [0.29, 0.717) is 0 Å². The van der Waals surface area contributed by atoms with Gasteiger partial charge in [-0.2, -0.15) is 0 Å². The number of aliphatic hydroxyl groups is 2. The van der Waals surface area contributed by atoms with E-state index in [9.17, 15) is 19.7 Å². The molecule has 0 aromatic rings. The quantitative estimate of drug-likeness (QED) is 0.307. The zero-order chi connectivity index (χ0) is 11.6. The Labute approximate surface area is 87.7 Å². The molecular weight excluding hydrogens is 276 g/mol. The van der Waals surface area contributed by atoms with Gasteiger partial charge in [0.1, 0.15) is 0 Å². The molecule has 1 heterocycles. The molecule has 2 N–H and O–H groups in total. The Balaban J connectivity index is 2.76. The summed E-state index contributed by atoms with van der Waals surface area (Å²) in [4.78, 5) is 31.6. The molecule has 0 aromatic carbocycles. The Bertz CT molecular complexity index is 282. The van der Waals surface area contributed by atoms with E-state index in [4.69, 9.17) is 10.2 Å². The molecule has 10 nitrogen and oxygen atoms in total. The number of nitrogens with zero attached hydrogens (tertiary/aromatic N) is 1. The van der Waals surface area contributed by atoms with Gasteiger partial charge < -0.3 is 0 Å². The minimum absolute atomic E-state index is 1.28. The van der Waals surface area contributed by atoms with Crippen molar-refractivity contribution >= 4 is 29.3 Å². The van der Waals surface area contributed by atoms with Gasteiger partial charge in [-0.1, -0.05) is 0 Å². The fourth-order valence-corrected chi connectivity index (χ4v) is 2.68. The maximum atomic E-state index is 10.8. The van der Waals surface area contributed by atoms with Crippen LogP contribution in [0.4, 0.5) is 0 Å². The molecule has 1 fully saturated rings. The number of hydrogen-bond donors (Lipinski definition) is 2. The first kappa shape index (κ1) is 11.8. The van der Waals surface area contributed by atoms with Gasteiger partial charge in [-0.05, 0) is 0 Å². The SMILES string of the molecule is O=C1[O][Ga]([O][N+](=O)[O-])[O]C(=O)C(O)C1O. The van der Waals surface area contributed by atoms with Gasteiger partial charge in [0.2, 0.25) is 0 Å². The first-order valence-electron chi connectivity index (χ1n) is 3.50. The molecule has 0 spiro atoms. The summed E-state index contributed by atoms with van der Waals surface area (Å²) in [5.74, 6) is -2.78. The van der Waals surface area contributed by atoms with E-state index in [1.165, 1.54) is 0 Å². The molecule has 1 rings (SSSR count). The number of carbonyl (C=O) groups is 2. The molecule has 0 aromatic heterocycles. The average Bonchev–Trinajstić information content (AvgIpc) is 2.19. The molecule has 0 aliphatic carbocycles. The van der Waals surface area contributed by atoms with Gasteiger partial charge in [0, 0.05) is 0 Å². The van der Waals surface area contributed by atoms with Crippen molar-refractivity contribution in [2.75, 3.05) is 0 Å². The Morgan fingerprint density at radius 3 is 2.00 bits per heavy atom. The minimum atomic E-state index is -4.13. The van der Waals surface area contributed by atoms with Gasteiger partial charge in [0.25, 0.3) is 0 Å². The van der Waals surface area contributed by atoms with Crippen LogP contribution in [0.25, 0.3) is 0 Å². The van der Waals surface area contributed by atoms with E-state index in [0.717, 1.165) is 0 Å². The van der Waals surface area contributed by atoms with Gasteiger partial charge in [-0.3, -0.25) is 0 Å². The second kappa shape index (κ2) is 4.48. The van der Waals surface area contributed by atoms with Crippen LogP contribution in [0.3, 0.4) is 0 Å². The zero-order valence-corrected chi connectivity index (χ0v) is 9.35. The number of rotatable bonds is 2. The van der Waals surface area contributed by atoms with E-state index in [1.54, 1.807) is 0 Å². The number of aliphatic hydroxyl groups excluding tert-OH is 2. The van der Waals surface area contributed by atoms with E-state index >= 15 is 0 Å². The predicted molar refractivity (Wildman–Crippen MR) is 38.0 cm³/mol. The summed E-state index contributed by atoms with van der Waals surface area (Å²) in [5, 5.41) is 26.5. The van der Waals surface area contributed by atoms with Gasteiger partial charge in [-0.25, -0.2) is 0 Å². The Hall–Kier alpha value is -1.30. The Kier molecular flexibility index (Phi) is 3.51. The summed E-state index contributed by atoms with van der Waals surface area (Å²) >= 11 is -4.13. The first-order chi connectivity index (χ1) is 6.91. The molecule has 15 heavy (non-hydrogen) atoms. The Morgan fingerprint density at radius 1 is 1.27 bits per heavy atom. The van der Waals surface area contributed by atoms with Gasteiger partial charge in [-0.15, -0.1) is 0 Å². The van der Waals surface area contributed by atoms with E-state index in [2.05, 4.69) is 10.7 Å². The Morgan fingerprint density at radius 2 is 1.67 bits per heavy atom. The van der Waals surface area contributed by atoms with Crippen molar-refractivity contribution in [3.8, 4) is 0 Å².